The van der Waals surface area contributed by atoms with Gasteiger partial charge in [-0.05, 0) is 25.0 Å². The minimum absolute atomic E-state index is 0.758. The van der Waals surface area contributed by atoms with Crippen molar-refractivity contribution in [2.45, 2.75) is 25.9 Å². The highest BCUT2D eigenvalue weighted by Gasteiger charge is 2.00. The van der Waals surface area contributed by atoms with Gasteiger partial charge in [-0.2, -0.15) is 0 Å². The van der Waals surface area contributed by atoms with Crippen LogP contribution < -0.4 is 5.32 Å². The third-order valence-corrected chi connectivity index (χ3v) is 2.71. The zero-order chi connectivity index (χ0) is 12.3. The van der Waals surface area contributed by atoms with Gasteiger partial charge in [-0.15, -0.1) is 0 Å². The summed E-state index contributed by atoms with van der Waals surface area (Å²) >= 11 is 0. The standard InChI is InChI=1S/C13H24N2O2/c1-16-10-4-3-8-15-9-5-6-13(15)12-14-7-11-17-2/h5-6,9,14H,3-4,7-8,10-12H2,1-2H3. The van der Waals surface area contributed by atoms with E-state index in [-0.39, 0.29) is 0 Å². The van der Waals surface area contributed by atoms with Crippen LogP contribution in [-0.2, 0) is 22.6 Å². The normalized spacial score (nSPS) is 10.9. The highest BCUT2D eigenvalue weighted by Crippen LogP contribution is 2.04. The van der Waals surface area contributed by atoms with E-state index in [1.54, 1.807) is 14.2 Å². The van der Waals surface area contributed by atoms with Gasteiger partial charge in [-0.1, -0.05) is 0 Å². The van der Waals surface area contributed by atoms with Crippen LogP contribution in [0.1, 0.15) is 18.5 Å². The van der Waals surface area contributed by atoms with Crippen molar-refractivity contribution in [3.05, 3.63) is 24.0 Å². The van der Waals surface area contributed by atoms with E-state index in [1.165, 1.54) is 5.69 Å². The monoisotopic (exact) mass is 240 g/mol. The van der Waals surface area contributed by atoms with Crippen LogP contribution in [0.3, 0.4) is 0 Å². The van der Waals surface area contributed by atoms with Gasteiger partial charge in [-0.25, -0.2) is 0 Å². The van der Waals surface area contributed by atoms with Crippen LogP contribution in [0.4, 0.5) is 0 Å². The number of methoxy groups -OCH3 is 2. The predicted molar refractivity (Wildman–Crippen MR) is 69.1 cm³/mol. The summed E-state index contributed by atoms with van der Waals surface area (Å²) in [6.07, 6.45) is 4.42. The van der Waals surface area contributed by atoms with Crippen molar-refractivity contribution in [3.63, 3.8) is 0 Å². The van der Waals surface area contributed by atoms with Crippen molar-refractivity contribution in [3.8, 4) is 0 Å². The van der Waals surface area contributed by atoms with E-state index in [0.29, 0.717) is 0 Å². The first-order chi connectivity index (χ1) is 8.38. The van der Waals surface area contributed by atoms with Crippen molar-refractivity contribution < 1.29 is 9.47 Å². The van der Waals surface area contributed by atoms with Crippen molar-refractivity contribution in [1.82, 2.24) is 9.88 Å². The predicted octanol–water partition coefficient (Wildman–Crippen LogP) is 1.65. The van der Waals surface area contributed by atoms with Crippen molar-refractivity contribution >= 4 is 0 Å². The van der Waals surface area contributed by atoms with E-state index in [1.807, 2.05) is 0 Å². The van der Waals surface area contributed by atoms with Crippen molar-refractivity contribution in [2.75, 3.05) is 34.0 Å². The molecular weight excluding hydrogens is 216 g/mol. The zero-order valence-corrected chi connectivity index (χ0v) is 10.9. The lowest BCUT2D eigenvalue weighted by atomic mass is 10.3. The van der Waals surface area contributed by atoms with Gasteiger partial charge >= 0.3 is 0 Å². The van der Waals surface area contributed by atoms with Gasteiger partial charge < -0.3 is 19.4 Å². The Morgan fingerprint density at radius 2 is 2.00 bits per heavy atom. The lowest BCUT2D eigenvalue weighted by molar-refractivity contribution is 0.191. The number of unbranched alkanes of at least 4 members (excludes halogenated alkanes) is 1. The lowest BCUT2D eigenvalue weighted by Gasteiger charge is -2.10. The molecule has 98 valence electrons. The van der Waals surface area contributed by atoms with Crippen LogP contribution in [0.2, 0.25) is 0 Å². The van der Waals surface area contributed by atoms with Gasteiger partial charge in [0.1, 0.15) is 0 Å². The van der Waals surface area contributed by atoms with Crippen LogP contribution in [0.25, 0.3) is 0 Å². The minimum atomic E-state index is 0.758. The molecule has 1 N–H and O–H groups in total. The molecule has 1 heterocycles. The molecule has 1 rings (SSSR count). The molecule has 0 saturated heterocycles. The number of ether oxygens (including phenoxy) is 2. The SMILES string of the molecule is COCCCCn1cccc1CNCCOC. The average molecular weight is 240 g/mol. The Balaban J connectivity index is 2.22. The quantitative estimate of drug-likeness (QED) is 0.632. The number of hydrogen-bond donors (Lipinski definition) is 1. The van der Waals surface area contributed by atoms with Gasteiger partial charge in [0.25, 0.3) is 0 Å². The summed E-state index contributed by atoms with van der Waals surface area (Å²) in [5, 5.41) is 3.36. The molecular formula is C13H24N2O2. The first kappa shape index (κ1) is 14.2. The molecule has 0 saturated carbocycles. The molecule has 4 nitrogen and oxygen atoms in total. The Morgan fingerprint density at radius 1 is 1.18 bits per heavy atom. The maximum absolute atomic E-state index is 5.05. The molecule has 0 aliphatic rings. The molecule has 0 amide bonds. The Labute approximate surface area is 104 Å². The van der Waals surface area contributed by atoms with Crippen LogP contribution >= 0.6 is 0 Å². The molecule has 0 unspecified atom stereocenters. The van der Waals surface area contributed by atoms with Crippen LogP contribution in [-0.4, -0.2) is 38.5 Å². The van der Waals surface area contributed by atoms with Gasteiger partial charge in [0.05, 0.1) is 6.61 Å². The average Bonchev–Trinajstić information content (AvgIpc) is 2.78. The fourth-order valence-corrected chi connectivity index (χ4v) is 1.75. The number of rotatable bonds is 10. The minimum Gasteiger partial charge on any atom is -0.385 e. The molecule has 0 aliphatic heterocycles. The molecule has 0 spiro atoms. The van der Waals surface area contributed by atoms with Crippen LogP contribution in [0.15, 0.2) is 18.3 Å². The molecule has 0 radical (unpaired) electrons. The fraction of sp³-hybridized carbons (Fsp3) is 0.692. The summed E-state index contributed by atoms with van der Waals surface area (Å²) in [4.78, 5) is 0. The summed E-state index contributed by atoms with van der Waals surface area (Å²) in [6.45, 7) is 4.47. The van der Waals surface area contributed by atoms with E-state index in [9.17, 15) is 0 Å². The first-order valence-electron chi connectivity index (χ1n) is 6.21. The smallest absolute Gasteiger partial charge is 0.0587 e. The Morgan fingerprint density at radius 3 is 2.76 bits per heavy atom. The molecule has 1 aromatic rings. The van der Waals surface area contributed by atoms with Crippen LogP contribution in [0, 0.1) is 0 Å². The van der Waals surface area contributed by atoms with E-state index in [2.05, 4.69) is 28.2 Å². The largest absolute Gasteiger partial charge is 0.385 e. The van der Waals surface area contributed by atoms with E-state index < -0.39 is 0 Å². The third-order valence-electron chi connectivity index (χ3n) is 2.71. The third kappa shape index (κ3) is 5.86. The van der Waals surface area contributed by atoms with Gasteiger partial charge in [0.15, 0.2) is 0 Å². The molecule has 0 atom stereocenters. The zero-order valence-electron chi connectivity index (χ0n) is 10.9. The summed E-state index contributed by atoms with van der Waals surface area (Å²) in [6, 6.07) is 4.26. The second kappa shape index (κ2) is 9.22. The molecule has 1 aromatic heterocycles. The summed E-state index contributed by atoms with van der Waals surface area (Å²) in [5.41, 5.74) is 1.33. The maximum Gasteiger partial charge on any atom is 0.0587 e. The lowest BCUT2D eigenvalue weighted by Crippen LogP contribution is -2.20. The highest BCUT2D eigenvalue weighted by molar-refractivity contribution is 5.06. The van der Waals surface area contributed by atoms with Crippen molar-refractivity contribution in [1.29, 1.82) is 0 Å². The number of nitrogens with one attached hydrogen (secondary N) is 1. The molecule has 0 fully saturated rings. The topological polar surface area (TPSA) is 35.4 Å². The first-order valence-corrected chi connectivity index (χ1v) is 6.21. The Hall–Kier alpha value is -0.840. The second-order valence-electron chi connectivity index (χ2n) is 4.06. The summed E-state index contributed by atoms with van der Waals surface area (Å²) in [7, 11) is 3.47. The molecule has 17 heavy (non-hydrogen) atoms. The molecule has 4 heteroatoms. The van der Waals surface area contributed by atoms with E-state index >= 15 is 0 Å². The van der Waals surface area contributed by atoms with Gasteiger partial charge in [-0.3, -0.25) is 0 Å². The molecule has 0 aromatic carbocycles. The summed E-state index contributed by atoms with van der Waals surface area (Å²) in [5.74, 6) is 0. The number of nitrogens with zero attached hydrogens (tertiary/aromatic N) is 1. The van der Waals surface area contributed by atoms with Crippen LogP contribution in [0.5, 0.6) is 0 Å². The molecule has 0 aliphatic carbocycles. The number of aryl methyl sites for hydroxylation is 1. The molecule has 0 bridgehead atoms. The van der Waals surface area contributed by atoms with Gasteiger partial charge in [0.2, 0.25) is 0 Å². The number of hydrogen-bond acceptors (Lipinski definition) is 3. The Kier molecular flexibility index (Phi) is 7.71. The second-order valence-corrected chi connectivity index (χ2v) is 4.06. The van der Waals surface area contributed by atoms with E-state index in [0.717, 1.165) is 45.7 Å². The van der Waals surface area contributed by atoms with Crippen molar-refractivity contribution in [2.24, 2.45) is 0 Å². The number of aromatic nitrogens is 1. The highest BCUT2D eigenvalue weighted by atomic mass is 16.5. The Bertz CT molecular complexity index is 260. The fourth-order valence-electron chi connectivity index (χ4n) is 1.75. The van der Waals surface area contributed by atoms with E-state index in [4.69, 9.17) is 9.47 Å². The summed E-state index contributed by atoms with van der Waals surface area (Å²) < 4.78 is 12.3. The maximum atomic E-state index is 5.05. The van der Waals surface area contributed by atoms with Gasteiger partial charge in [0, 0.05) is 52.4 Å².